The molecule has 66 heavy (non-hydrogen) atoms. The van der Waals surface area contributed by atoms with E-state index in [2.05, 4.69) is 34.0 Å². The highest BCUT2D eigenvalue weighted by molar-refractivity contribution is 6.36. The van der Waals surface area contributed by atoms with Crippen LogP contribution < -0.4 is 26.3 Å². The van der Waals surface area contributed by atoms with Crippen LogP contribution in [0, 0.1) is 25.7 Å². The number of pyridine rings is 2. The number of aromatic carboxylic acids is 1. The van der Waals surface area contributed by atoms with Crippen molar-refractivity contribution >= 4 is 58.4 Å². The van der Waals surface area contributed by atoms with Crippen molar-refractivity contribution in [3.8, 4) is 11.5 Å². The summed E-state index contributed by atoms with van der Waals surface area (Å²) in [5, 5.41) is 19.0. The highest BCUT2D eigenvalue weighted by atomic mass is 35.5. The van der Waals surface area contributed by atoms with E-state index in [4.69, 9.17) is 47.9 Å². The number of ether oxygens (including phenoxy) is 4. The lowest BCUT2D eigenvalue weighted by Gasteiger charge is -2.27. The largest absolute Gasteiger partial charge is 0.496 e. The number of methoxy groups -OCH3 is 2. The van der Waals surface area contributed by atoms with E-state index in [1.54, 1.807) is 65.6 Å². The van der Waals surface area contributed by atoms with Crippen molar-refractivity contribution in [2.75, 3.05) is 40.6 Å². The Morgan fingerprint density at radius 1 is 0.788 bits per heavy atom. The van der Waals surface area contributed by atoms with Crippen LogP contribution in [0.2, 0.25) is 10.0 Å². The molecule has 5 N–H and O–H groups in total. The lowest BCUT2D eigenvalue weighted by atomic mass is 9.85. The van der Waals surface area contributed by atoms with Crippen LogP contribution in [0.4, 0.5) is 0 Å². The fraction of sp³-hybridized carbons (Fsp3) is 0.447. The molecule has 2 aliphatic rings. The van der Waals surface area contributed by atoms with Gasteiger partial charge >= 0.3 is 5.97 Å². The third kappa shape index (κ3) is 11.3. The van der Waals surface area contributed by atoms with Crippen LogP contribution in [-0.2, 0) is 22.4 Å². The number of carboxylic acid groups (broad SMARTS) is 1. The number of aryl methyl sites for hydroxylation is 2. The van der Waals surface area contributed by atoms with Gasteiger partial charge in [-0.3, -0.25) is 14.4 Å². The fourth-order valence-electron chi connectivity index (χ4n) is 8.84. The lowest BCUT2D eigenvalue weighted by molar-refractivity contribution is 0.0589. The Balaban J connectivity index is 0.000000206. The molecule has 0 amide bonds. The minimum atomic E-state index is -1.02. The number of nitrogens with one attached hydrogen (secondary N) is 2. The Bertz CT molecular complexity index is 2760. The molecule has 356 valence electrons. The molecule has 2 fully saturated rings. The van der Waals surface area contributed by atoms with Crippen molar-refractivity contribution in [3.63, 3.8) is 0 Å². The number of Topliss-reactive ketones (excluding diaryl/α,β-unsaturated/α-hetero) is 1. The number of halogens is 3. The first-order valence-corrected chi connectivity index (χ1v) is 22.4. The number of H-pyrrole nitrogens is 2. The quantitative estimate of drug-likeness (QED) is 0.0855. The van der Waals surface area contributed by atoms with Crippen LogP contribution in [0.5, 0.6) is 11.5 Å². The third-order valence-corrected chi connectivity index (χ3v) is 13.1. The zero-order chi connectivity index (χ0) is 46.9. The first kappa shape index (κ1) is 51.7. The number of carbonyl (C=O) groups excluding carboxylic acids is 1. The van der Waals surface area contributed by atoms with Crippen LogP contribution in [0.25, 0.3) is 11.0 Å². The van der Waals surface area contributed by atoms with Crippen molar-refractivity contribution in [1.29, 1.82) is 0 Å². The molecule has 0 spiro atoms. The second-order valence-electron chi connectivity index (χ2n) is 16.4. The summed E-state index contributed by atoms with van der Waals surface area (Å²) in [4.78, 5) is 53.9. The van der Waals surface area contributed by atoms with Gasteiger partial charge in [-0.25, -0.2) is 13.8 Å². The molecule has 0 radical (unpaired) electrons. The molecule has 2 saturated heterocycles. The number of nitrogens with zero attached hydrogens (tertiary/aromatic N) is 4. The van der Waals surface area contributed by atoms with Crippen LogP contribution in [0.15, 0.2) is 58.4 Å². The van der Waals surface area contributed by atoms with Crippen molar-refractivity contribution in [2.45, 2.75) is 84.6 Å². The molecular formula is C47H58Cl3N7O9. The van der Waals surface area contributed by atoms with Crippen LogP contribution in [-0.4, -0.2) is 86.7 Å². The monoisotopic (exact) mass is 969 g/mol. The second-order valence-corrected chi connectivity index (χ2v) is 17.1. The summed E-state index contributed by atoms with van der Waals surface area (Å²) < 4.78 is 24.7. The maximum absolute atomic E-state index is 13.3. The average Bonchev–Trinajstić information content (AvgIpc) is 3.78. The van der Waals surface area contributed by atoms with Gasteiger partial charge in [0.2, 0.25) is 0 Å². The van der Waals surface area contributed by atoms with Gasteiger partial charge in [0.05, 0.1) is 63.4 Å². The first-order valence-electron chi connectivity index (χ1n) is 21.7. The smallest absolute Gasteiger partial charge is 0.339 e. The zero-order valence-corrected chi connectivity index (χ0v) is 40.3. The molecule has 2 aliphatic heterocycles. The summed E-state index contributed by atoms with van der Waals surface area (Å²) >= 11 is 13.2. The number of hydrogen-bond acceptors (Lipinski definition) is 11. The third-order valence-electron chi connectivity index (χ3n) is 12.4. The van der Waals surface area contributed by atoms with E-state index in [-0.39, 0.29) is 66.1 Å². The summed E-state index contributed by atoms with van der Waals surface area (Å²) in [5.74, 6) is 1.02. The molecule has 0 bridgehead atoms. The molecule has 0 aliphatic carbocycles. The number of fused-ring (bicyclic) bond motifs is 2. The summed E-state index contributed by atoms with van der Waals surface area (Å²) in [6.45, 7) is 11.0. The Morgan fingerprint density at radius 3 is 1.65 bits per heavy atom. The van der Waals surface area contributed by atoms with Crippen LogP contribution >= 0.6 is 35.6 Å². The Hall–Kier alpha value is -5.23. The van der Waals surface area contributed by atoms with E-state index in [0.29, 0.717) is 66.8 Å². The van der Waals surface area contributed by atoms with Gasteiger partial charge in [0.1, 0.15) is 17.1 Å². The van der Waals surface area contributed by atoms with Crippen LogP contribution in [0.1, 0.15) is 112 Å². The molecular weight excluding hydrogens is 913 g/mol. The molecule has 19 heteroatoms. The van der Waals surface area contributed by atoms with E-state index < -0.39 is 5.97 Å². The van der Waals surface area contributed by atoms with E-state index in [1.807, 2.05) is 6.07 Å². The van der Waals surface area contributed by atoms with Gasteiger partial charge in [-0.1, -0.05) is 37.0 Å². The summed E-state index contributed by atoms with van der Waals surface area (Å²) in [6, 6.07) is 10.7. The van der Waals surface area contributed by atoms with Gasteiger partial charge in [-0.05, 0) is 94.2 Å². The van der Waals surface area contributed by atoms with Gasteiger partial charge in [0.25, 0.3) is 11.1 Å². The number of rotatable bonds is 12. The number of nitrogens with two attached hydrogens (primary N) is 1. The maximum Gasteiger partial charge on any atom is 0.339 e. The van der Waals surface area contributed by atoms with Gasteiger partial charge in [0, 0.05) is 75.0 Å². The molecule has 16 nitrogen and oxygen atoms in total. The summed E-state index contributed by atoms with van der Waals surface area (Å²) in [5.41, 5.74) is 10.9. The van der Waals surface area contributed by atoms with Crippen molar-refractivity contribution < 1.29 is 33.6 Å². The normalized spacial score (nSPS) is 15.2. The van der Waals surface area contributed by atoms with Crippen molar-refractivity contribution in [3.05, 3.63) is 125 Å². The van der Waals surface area contributed by atoms with E-state index in [9.17, 15) is 24.3 Å². The van der Waals surface area contributed by atoms with Crippen molar-refractivity contribution in [2.24, 2.45) is 17.6 Å². The fourth-order valence-corrected chi connectivity index (χ4v) is 9.72. The van der Waals surface area contributed by atoms with Crippen molar-refractivity contribution in [1.82, 2.24) is 29.2 Å². The minimum Gasteiger partial charge on any atom is -0.496 e. The zero-order valence-electron chi connectivity index (χ0n) is 37.9. The Morgan fingerprint density at radius 2 is 1.21 bits per heavy atom. The number of carbonyl (C=O) groups is 2. The first-order chi connectivity index (χ1) is 31.2. The molecule has 0 aromatic carbocycles. The summed E-state index contributed by atoms with van der Waals surface area (Å²) in [6.07, 6.45) is 7.58. The molecule has 6 aromatic heterocycles. The Labute approximate surface area is 398 Å². The standard InChI is InChI=1S/C24H28ClN3O4.C15H17ClN2O3.C8H12N2O2.ClH/c1-14-13-20(31-3)17(24(30)27-14)6-7-19(29)21-18-5-4-10-26-28(18)23(22(21)25)15(2)16-8-11-32-12-9-16;1-9(10-4-7-21-8-5-10)14-13(16)12(15(19)20)11-3-2-6-17-18(11)14;1-5-3-7(12-2)6(4-9)8(11)10-5;/h4-5,10,13,15-16H,6-9,11-12H2,1-3H3,(H,27,30);2-3,6,9-10H,4-5,7-8H2,1H3,(H,19,20);3H,4,9H2,1-2H3,(H,10,11);1H. The molecule has 8 heterocycles. The Kier molecular flexibility index (Phi) is 18.4. The molecule has 2 unspecified atom stereocenters. The maximum atomic E-state index is 13.3. The summed E-state index contributed by atoms with van der Waals surface area (Å²) in [7, 11) is 3.04. The molecule has 8 rings (SSSR count). The van der Waals surface area contributed by atoms with E-state index >= 15 is 0 Å². The van der Waals surface area contributed by atoms with Crippen LogP contribution in [0.3, 0.4) is 0 Å². The van der Waals surface area contributed by atoms with Gasteiger partial charge < -0.3 is 39.8 Å². The van der Waals surface area contributed by atoms with Gasteiger partial charge in [-0.2, -0.15) is 10.2 Å². The van der Waals surface area contributed by atoms with Gasteiger partial charge in [0.15, 0.2) is 5.78 Å². The predicted octanol–water partition coefficient (Wildman–Crippen LogP) is 8.13. The van der Waals surface area contributed by atoms with Gasteiger partial charge in [-0.15, -0.1) is 12.4 Å². The number of aromatic amines is 2. The van der Waals surface area contributed by atoms with E-state index in [1.165, 1.54) is 14.2 Å². The number of aromatic nitrogens is 6. The SMILES string of the molecule is CC(c1c(Cl)c(C(=O)O)c2cccnn12)C1CCOCC1.COc1cc(C)[nH]c(=O)c1CCC(=O)c1c(Cl)c(C(C)C2CCOCC2)n2ncccc12.COc1cc(C)[nH]c(=O)c1CN.Cl. The topological polar surface area (TPSA) is 218 Å². The number of carboxylic acids is 1. The molecule has 6 aromatic rings. The lowest BCUT2D eigenvalue weighted by Crippen LogP contribution is -2.21. The highest BCUT2D eigenvalue weighted by Gasteiger charge is 2.32. The minimum absolute atomic E-state index is 0. The number of ketones is 1. The number of hydrogen-bond donors (Lipinski definition) is 4. The highest BCUT2D eigenvalue weighted by Crippen LogP contribution is 2.41. The average molecular weight is 971 g/mol. The van der Waals surface area contributed by atoms with E-state index in [0.717, 1.165) is 69.2 Å². The molecule has 2 atom stereocenters. The second kappa shape index (κ2) is 23.5. The molecule has 0 saturated carbocycles. The predicted molar refractivity (Wildman–Crippen MR) is 256 cm³/mol.